The van der Waals surface area contributed by atoms with Gasteiger partial charge in [-0.1, -0.05) is 5.43 Å². The van der Waals surface area contributed by atoms with E-state index >= 15 is 0 Å². The van der Waals surface area contributed by atoms with Crippen molar-refractivity contribution in [3.05, 3.63) is 10.1 Å². The van der Waals surface area contributed by atoms with Crippen LogP contribution in [-0.4, -0.2) is 42.4 Å². The molecule has 0 bridgehead atoms. The second-order valence-corrected chi connectivity index (χ2v) is 3.26. The van der Waals surface area contributed by atoms with Gasteiger partial charge < -0.3 is 4.90 Å². The number of aliphatic imine (C=N–C) groups is 2. The fourth-order valence-corrected chi connectivity index (χ4v) is 0.719. The molecule has 0 aromatic rings. The van der Waals surface area contributed by atoms with E-state index in [-0.39, 0.29) is 12.0 Å². The quantitative estimate of drug-likeness (QED) is 0.297. The summed E-state index contributed by atoms with van der Waals surface area (Å²) in [7, 11) is 3.56. The Bertz CT molecular complexity index is 269. The summed E-state index contributed by atoms with van der Waals surface area (Å²) in [6.07, 6.45) is 3.44. The summed E-state index contributed by atoms with van der Waals surface area (Å²) < 4.78 is 0. The Morgan fingerprint density at radius 2 is 2.29 bits per heavy atom. The molecule has 78 valence electrons. The molecule has 0 aliphatic heterocycles. The summed E-state index contributed by atoms with van der Waals surface area (Å²) in [5.41, 5.74) is 1.95. The van der Waals surface area contributed by atoms with Gasteiger partial charge in [-0.25, -0.2) is 15.1 Å². The predicted molar refractivity (Wildman–Crippen MR) is 52.8 cm³/mol. The lowest BCUT2D eigenvalue weighted by atomic mass is 10.7. The molecule has 0 spiro atoms. The lowest BCUT2D eigenvalue weighted by molar-refractivity contribution is -0.525. The normalized spacial score (nSPS) is 17.1. The first-order chi connectivity index (χ1) is 6.58. The van der Waals surface area contributed by atoms with Crippen LogP contribution < -0.4 is 5.43 Å². The predicted octanol–water partition coefficient (Wildman–Crippen LogP) is -0.124. The summed E-state index contributed by atoms with van der Waals surface area (Å²) in [6.45, 7) is 0. The van der Waals surface area contributed by atoms with Gasteiger partial charge in [-0.2, -0.15) is 4.99 Å². The van der Waals surface area contributed by atoms with Crippen molar-refractivity contribution in [2.75, 3.05) is 14.1 Å². The fourth-order valence-electron chi connectivity index (χ4n) is 0.719. The van der Waals surface area contributed by atoms with Gasteiger partial charge in [0.25, 0.3) is 5.96 Å². The molecule has 0 atom stereocenters. The lowest BCUT2D eigenvalue weighted by Crippen LogP contribution is -2.29. The van der Waals surface area contributed by atoms with Crippen LogP contribution in [0.5, 0.6) is 0 Å². The van der Waals surface area contributed by atoms with Crippen molar-refractivity contribution in [2.24, 2.45) is 9.98 Å². The van der Waals surface area contributed by atoms with Crippen molar-refractivity contribution in [1.82, 2.24) is 10.3 Å². The summed E-state index contributed by atoms with van der Waals surface area (Å²) in [6, 6.07) is 0.205. The Hall–Kier alpha value is -1.66. The third kappa shape index (κ3) is 4.39. The van der Waals surface area contributed by atoms with Crippen LogP contribution >= 0.6 is 0 Å². The SMILES string of the molecule is CN(C)C=NC(=NC1CC1)N[N+](=O)[O-]. The maximum atomic E-state index is 10.2. The number of hydrazine groups is 1. The van der Waals surface area contributed by atoms with Crippen LogP contribution in [0.1, 0.15) is 12.8 Å². The average molecular weight is 199 g/mol. The van der Waals surface area contributed by atoms with Crippen LogP contribution in [0, 0.1) is 10.1 Å². The molecule has 7 nitrogen and oxygen atoms in total. The highest BCUT2D eigenvalue weighted by atomic mass is 16.7. The van der Waals surface area contributed by atoms with Crippen molar-refractivity contribution in [1.29, 1.82) is 0 Å². The van der Waals surface area contributed by atoms with Crippen molar-refractivity contribution in [2.45, 2.75) is 18.9 Å². The molecule has 7 heteroatoms. The fraction of sp³-hybridized carbons (Fsp3) is 0.714. The van der Waals surface area contributed by atoms with E-state index < -0.39 is 5.03 Å². The molecular formula is C7H13N5O2. The molecule has 1 rings (SSSR count). The number of hydrogen-bond donors (Lipinski definition) is 1. The molecule has 1 aliphatic carbocycles. The molecule has 0 unspecified atom stereocenters. The van der Waals surface area contributed by atoms with Crippen LogP contribution in [-0.2, 0) is 0 Å². The highest BCUT2D eigenvalue weighted by Crippen LogP contribution is 2.23. The Morgan fingerprint density at radius 1 is 1.64 bits per heavy atom. The van der Waals surface area contributed by atoms with E-state index in [0.29, 0.717) is 0 Å². The number of hydrogen-bond acceptors (Lipinski definition) is 3. The average Bonchev–Trinajstić information content (AvgIpc) is 2.83. The van der Waals surface area contributed by atoms with E-state index in [1.165, 1.54) is 6.34 Å². The number of nitrogens with zero attached hydrogens (tertiary/aromatic N) is 4. The maximum absolute atomic E-state index is 10.2. The topological polar surface area (TPSA) is 83.1 Å². The summed E-state index contributed by atoms with van der Waals surface area (Å²) in [5.74, 6) is 0.0613. The summed E-state index contributed by atoms with van der Waals surface area (Å²) >= 11 is 0. The Labute approximate surface area is 81.6 Å². The van der Waals surface area contributed by atoms with Crippen LogP contribution in [0.15, 0.2) is 9.98 Å². The minimum atomic E-state index is -0.659. The van der Waals surface area contributed by atoms with Crippen molar-refractivity contribution >= 4 is 12.3 Å². The molecule has 1 saturated carbocycles. The minimum absolute atomic E-state index is 0.0613. The van der Waals surface area contributed by atoms with Gasteiger partial charge in [-0.3, -0.25) is 0 Å². The second-order valence-electron chi connectivity index (χ2n) is 3.26. The third-order valence-electron chi connectivity index (χ3n) is 1.45. The molecule has 0 heterocycles. The lowest BCUT2D eigenvalue weighted by Gasteiger charge is -2.02. The molecule has 0 aromatic heterocycles. The molecule has 0 aromatic carbocycles. The molecule has 1 N–H and O–H groups in total. The zero-order chi connectivity index (χ0) is 10.6. The Kier molecular flexibility index (Phi) is 3.38. The van der Waals surface area contributed by atoms with E-state index in [1.807, 2.05) is 5.43 Å². The molecule has 0 radical (unpaired) electrons. The third-order valence-corrected chi connectivity index (χ3v) is 1.45. The zero-order valence-electron chi connectivity index (χ0n) is 8.17. The second kappa shape index (κ2) is 4.54. The van der Waals surface area contributed by atoms with Crippen LogP contribution in [0.4, 0.5) is 0 Å². The van der Waals surface area contributed by atoms with Gasteiger partial charge in [0, 0.05) is 14.1 Å². The standard InChI is InChI=1S/C7H13N5O2/c1-11(2)5-8-7(10-12(13)14)9-6-3-4-6/h5-6H,3-4H2,1-2H3,(H,9,10). The molecule has 14 heavy (non-hydrogen) atoms. The Balaban J connectivity index is 2.56. The van der Waals surface area contributed by atoms with Crippen molar-refractivity contribution in [3.8, 4) is 0 Å². The first kappa shape index (κ1) is 10.4. The highest BCUT2D eigenvalue weighted by molar-refractivity contribution is 5.86. The smallest absolute Gasteiger partial charge is 0.282 e. The highest BCUT2D eigenvalue weighted by Gasteiger charge is 2.22. The van der Waals surface area contributed by atoms with Crippen LogP contribution in [0.25, 0.3) is 0 Å². The van der Waals surface area contributed by atoms with Crippen LogP contribution in [0.3, 0.4) is 0 Å². The minimum Gasteiger partial charge on any atom is -0.369 e. The first-order valence-electron chi connectivity index (χ1n) is 4.27. The van der Waals surface area contributed by atoms with E-state index in [1.54, 1.807) is 19.0 Å². The van der Waals surface area contributed by atoms with E-state index in [0.717, 1.165) is 12.8 Å². The van der Waals surface area contributed by atoms with Gasteiger partial charge >= 0.3 is 0 Å². The maximum Gasteiger partial charge on any atom is 0.282 e. The van der Waals surface area contributed by atoms with Crippen molar-refractivity contribution < 1.29 is 5.03 Å². The van der Waals surface area contributed by atoms with Crippen molar-refractivity contribution in [3.63, 3.8) is 0 Å². The number of guanidine groups is 1. The molecule has 1 fully saturated rings. The molecular weight excluding hydrogens is 186 g/mol. The van der Waals surface area contributed by atoms with Gasteiger partial charge in [0.2, 0.25) is 0 Å². The largest absolute Gasteiger partial charge is 0.369 e. The van der Waals surface area contributed by atoms with E-state index in [9.17, 15) is 10.1 Å². The van der Waals surface area contributed by atoms with Gasteiger partial charge in [0.05, 0.1) is 12.4 Å². The van der Waals surface area contributed by atoms with E-state index in [4.69, 9.17) is 0 Å². The molecule has 0 amide bonds. The first-order valence-corrected chi connectivity index (χ1v) is 4.27. The van der Waals surface area contributed by atoms with Gasteiger partial charge in [0.1, 0.15) is 0 Å². The van der Waals surface area contributed by atoms with Gasteiger partial charge in [-0.05, 0) is 12.8 Å². The number of rotatable bonds is 3. The van der Waals surface area contributed by atoms with Gasteiger partial charge in [-0.15, -0.1) is 0 Å². The molecule has 0 saturated heterocycles. The van der Waals surface area contributed by atoms with Crippen LogP contribution in [0.2, 0.25) is 0 Å². The Morgan fingerprint density at radius 3 is 2.71 bits per heavy atom. The molecule has 1 aliphatic rings. The zero-order valence-corrected chi connectivity index (χ0v) is 8.17. The monoisotopic (exact) mass is 199 g/mol. The van der Waals surface area contributed by atoms with E-state index in [2.05, 4.69) is 9.98 Å². The number of nitrogens with one attached hydrogen (secondary N) is 1. The van der Waals surface area contributed by atoms with Gasteiger partial charge in [0.15, 0.2) is 5.03 Å². The summed E-state index contributed by atoms with van der Waals surface area (Å²) in [4.78, 5) is 19.7. The summed E-state index contributed by atoms with van der Waals surface area (Å²) in [5, 5.41) is 9.52. The number of nitro groups is 1.